The number of fused-ring (bicyclic) bond motifs is 1. The number of nitrogens with two attached hydrogens (primary N) is 1. The second-order valence-electron chi connectivity index (χ2n) is 8.04. The Morgan fingerprint density at radius 1 is 1.11 bits per heavy atom. The van der Waals surface area contributed by atoms with Crippen LogP contribution in [0.2, 0.25) is 5.02 Å². The summed E-state index contributed by atoms with van der Waals surface area (Å²) in [5.41, 5.74) is 7.32. The Hall–Kier alpha value is -4.29. The van der Waals surface area contributed by atoms with Gasteiger partial charge in [0, 0.05) is 18.1 Å². The minimum Gasteiger partial charge on any atom is -0.457 e. The van der Waals surface area contributed by atoms with Crippen molar-refractivity contribution in [2.24, 2.45) is 0 Å². The number of benzene rings is 2. The van der Waals surface area contributed by atoms with Crippen LogP contribution in [0.5, 0.6) is 11.5 Å². The van der Waals surface area contributed by atoms with E-state index >= 15 is 0 Å². The summed E-state index contributed by atoms with van der Waals surface area (Å²) in [7, 11) is 0. The molecular formula is C25H21ClN6O3. The Balaban J connectivity index is 1.52. The molecule has 1 amide bonds. The van der Waals surface area contributed by atoms with Gasteiger partial charge in [-0.3, -0.25) is 13.9 Å². The lowest BCUT2D eigenvalue weighted by molar-refractivity contribution is -0.124. The molecule has 0 bridgehead atoms. The van der Waals surface area contributed by atoms with E-state index in [1.165, 1.54) is 10.9 Å². The van der Waals surface area contributed by atoms with Crippen LogP contribution in [0.4, 0.5) is 5.82 Å². The van der Waals surface area contributed by atoms with Gasteiger partial charge in [-0.15, -0.1) is 0 Å². The molecule has 0 saturated carbocycles. The summed E-state index contributed by atoms with van der Waals surface area (Å²) < 4.78 is 8.95. The van der Waals surface area contributed by atoms with Crippen LogP contribution >= 0.6 is 11.6 Å². The molecule has 10 heteroatoms. The maximum absolute atomic E-state index is 13.7. The monoisotopic (exact) mass is 488 g/mol. The zero-order chi connectivity index (χ0) is 24.5. The Morgan fingerprint density at radius 2 is 1.80 bits per heavy atom. The van der Waals surface area contributed by atoms with Gasteiger partial charge in [0.05, 0.1) is 11.7 Å². The molecule has 1 atom stereocenters. The molecule has 3 heterocycles. The van der Waals surface area contributed by atoms with E-state index < -0.39 is 0 Å². The van der Waals surface area contributed by atoms with Gasteiger partial charge >= 0.3 is 5.69 Å². The van der Waals surface area contributed by atoms with Crippen LogP contribution in [0.3, 0.4) is 0 Å². The molecule has 2 aromatic carbocycles. The van der Waals surface area contributed by atoms with Gasteiger partial charge in [-0.25, -0.2) is 14.8 Å². The number of carbonyl (C=O) groups is 1. The lowest BCUT2D eigenvalue weighted by atomic mass is 10.2. The number of nitrogen functional groups attached to an aromatic ring is 1. The minimum atomic E-state index is -0.306. The zero-order valence-electron chi connectivity index (χ0n) is 18.8. The molecule has 0 aliphatic carbocycles. The molecule has 1 aliphatic heterocycles. The summed E-state index contributed by atoms with van der Waals surface area (Å²) in [5, 5.41) is 0.622. The molecule has 1 fully saturated rings. The van der Waals surface area contributed by atoms with E-state index in [0.29, 0.717) is 52.9 Å². The first kappa shape index (κ1) is 22.5. The van der Waals surface area contributed by atoms with Gasteiger partial charge in [-0.2, -0.15) is 0 Å². The van der Waals surface area contributed by atoms with E-state index in [0.717, 1.165) is 0 Å². The molecular weight excluding hydrogens is 468 g/mol. The van der Waals surface area contributed by atoms with Crippen molar-refractivity contribution < 1.29 is 9.53 Å². The van der Waals surface area contributed by atoms with Crippen molar-refractivity contribution in [2.75, 3.05) is 18.8 Å². The van der Waals surface area contributed by atoms with Gasteiger partial charge in [-0.05, 0) is 67.8 Å². The predicted octanol–water partition coefficient (Wildman–Crippen LogP) is 3.41. The van der Waals surface area contributed by atoms with Gasteiger partial charge in [0.15, 0.2) is 11.5 Å². The van der Waals surface area contributed by atoms with E-state index in [1.54, 1.807) is 64.9 Å². The number of carbonyl (C=O) groups excluding carboxylic acids is 1. The Morgan fingerprint density at radius 3 is 2.49 bits per heavy atom. The lowest BCUT2D eigenvalue weighted by Gasteiger charge is -2.14. The zero-order valence-corrected chi connectivity index (χ0v) is 19.6. The quantitative estimate of drug-likeness (QED) is 0.441. The molecule has 4 aromatic rings. The first-order valence-corrected chi connectivity index (χ1v) is 11.3. The number of hydrogen-bond acceptors (Lipinski definition) is 6. The van der Waals surface area contributed by atoms with Crippen LogP contribution in [-0.2, 0) is 4.79 Å². The van der Waals surface area contributed by atoms with Crippen LogP contribution < -0.4 is 16.2 Å². The largest absolute Gasteiger partial charge is 0.457 e. The van der Waals surface area contributed by atoms with Gasteiger partial charge in [-0.1, -0.05) is 17.5 Å². The highest BCUT2D eigenvalue weighted by Crippen LogP contribution is 2.29. The maximum atomic E-state index is 13.7. The molecule has 5 rings (SSSR count). The molecule has 2 N–H and O–H groups in total. The SMILES string of the molecule is CC#CC(=O)N1CCC(n2c(=O)n(-c3ccc(Oc4ccc(Cl)cc4)cc3)c3c(N)ncnc32)C1. The van der Waals surface area contributed by atoms with Crippen LogP contribution in [0.1, 0.15) is 19.4 Å². The molecule has 1 aliphatic rings. The lowest BCUT2D eigenvalue weighted by Crippen LogP contribution is -2.31. The fourth-order valence-electron chi connectivity index (χ4n) is 4.26. The van der Waals surface area contributed by atoms with E-state index in [4.69, 9.17) is 22.1 Å². The molecule has 0 radical (unpaired) electrons. The third-order valence-electron chi connectivity index (χ3n) is 5.87. The van der Waals surface area contributed by atoms with Crippen molar-refractivity contribution in [3.8, 4) is 29.0 Å². The Bertz CT molecular complexity index is 1530. The summed E-state index contributed by atoms with van der Waals surface area (Å²) in [6.07, 6.45) is 1.94. The third-order valence-corrected chi connectivity index (χ3v) is 6.12. The third kappa shape index (κ3) is 4.20. The Labute approximate surface area is 205 Å². The number of halogens is 1. The number of rotatable bonds is 4. The van der Waals surface area contributed by atoms with E-state index in [2.05, 4.69) is 21.8 Å². The van der Waals surface area contributed by atoms with Crippen molar-refractivity contribution >= 4 is 34.5 Å². The first-order valence-electron chi connectivity index (χ1n) is 10.9. The van der Waals surface area contributed by atoms with Crippen LogP contribution in [0, 0.1) is 11.8 Å². The number of nitrogens with zero attached hydrogens (tertiary/aromatic N) is 5. The van der Waals surface area contributed by atoms with E-state index in [1.807, 2.05) is 0 Å². The van der Waals surface area contributed by atoms with Crippen molar-refractivity contribution in [2.45, 2.75) is 19.4 Å². The van der Waals surface area contributed by atoms with Crippen molar-refractivity contribution in [3.63, 3.8) is 0 Å². The van der Waals surface area contributed by atoms with Crippen molar-refractivity contribution in [1.29, 1.82) is 0 Å². The van der Waals surface area contributed by atoms with Gasteiger partial charge in [0.25, 0.3) is 5.91 Å². The predicted molar refractivity (Wildman–Crippen MR) is 133 cm³/mol. The number of amides is 1. The average molecular weight is 489 g/mol. The van der Waals surface area contributed by atoms with Gasteiger partial charge < -0.3 is 15.4 Å². The smallest absolute Gasteiger partial charge is 0.335 e. The molecule has 1 saturated heterocycles. The second-order valence-corrected chi connectivity index (χ2v) is 8.47. The molecule has 35 heavy (non-hydrogen) atoms. The normalized spacial score (nSPS) is 15.1. The van der Waals surface area contributed by atoms with Crippen LogP contribution in [0.25, 0.3) is 16.9 Å². The number of aromatic nitrogens is 4. The van der Waals surface area contributed by atoms with E-state index in [9.17, 15) is 9.59 Å². The average Bonchev–Trinajstić information content (AvgIpc) is 3.44. The molecule has 1 unspecified atom stereocenters. The summed E-state index contributed by atoms with van der Waals surface area (Å²) in [5.74, 6) is 6.36. The first-order chi connectivity index (χ1) is 17.0. The fraction of sp³-hybridized carbons (Fsp3) is 0.200. The summed E-state index contributed by atoms with van der Waals surface area (Å²) in [6.45, 7) is 2.49. The highest BCUT2D eigenvalue weighted by atomic mass is 35.5. The second kappa shape index (κ2) is 9.16. The Kier molecular flexibility index (Phi) is 5.89. The highest BCUT2D eigenvalue weighted by Gasteiger charge is 2.31. The van der Waals surface area contributed by atoms with Gasteiger partial charge in [0.1, 0.15) is 23.3 Å². The standard InChI is InChI=1S/C25H21ClN6O3/c1-2-3-21(33)30-13-12-18(14-30)32-24-22(23(27)28-15-29-24)31(25(32)34)17-6-10-20(11-7-17)35-19-8-4-16(26)5-9-19/h4-11,15,18H,12-14H2,1H3,(H2,27,28,29). The number of hydrogen-bond donors (Lipinski definition) is 1. The van der Waals surface area contributed by atoms with Crippen molar-refractivity contribution in [1.82, 2.24) is 24.0 Å². The van der Waals surface area contributed by atoms with Gasteiger partial charge in [0.2, 0.25) is 0 Å². The number of anilines is 1. The number of likely N-dealkylation sites (tertiary alicyclic amines) is 1. The van der Waals surface area contributed by atoms with Crippen LogP contribution in [-0.4, -0.2) is 43.0 Å². The molecule has 176 valence electrons. The van der Waals surface area contributed by atoms with Crippen LogP contribution in [0.15, 0.2) is 59.7 Å². The fourth-order valence-corrected chi connectivity index (χ4v) is 4.39. The topological polar surface area (TPSA) is 108 Å². The number of ether oxygens (including phenoxy) is 1. The molecule has 2 aromatic heterocycles. The minimum absolute atomic E-state index is 0.190. The summed E-state index contributed by atoms with van der Waals surface area (Å²) >= 11 is 5.93. The number of imidazole rings is 1. The summed E-state index contributed by atoms with van der Waals surface area (Å²) in [6, 6.07) is 13.8. The highest BCUT2D eigenvalue weighted by molar-refractivity contribution is 6.30. The molecule has 0 spiro atoms. The molecule has 9 nitrogen and oxygen atoms in total. The summed E-state index contributed by atoms with van der Waals surface area (Å²) in [4.78, 5) is 36.0. The van der Waals surface area contributed by atoms with E-state index in [-0.39, 0.29) is 23.5 Å². The van der Waals surface area contributed by atoms with Crippen molar-refractivity contribution in [3.05, 3.63) is 70.4 Å². The maximum Gasteiger partial charge on any atom is 0.335 e.